The summed E-state index contributed by atoms with van der Waals surface area (Å²) in [5.74, 6) is -0.386. The van der Waals surface area contributed by atoms with Crippen LogP contribution in [0.4, 0.5) is 10.5 Å². The fourth-order valence-electron chi connectivity index (χ4n) is 3.39. The van der Waals surface area contributed by atoms with Crippen LogP contribution in [-0.4, -0.2) is 60.1 Å². The molecule has 1 aromatic carbocycles. The molecule has 0 bridgehead atoms. The van der Waals surface area contributed by atoms with Crippen molar-refractivity contribution in [3.05, 3.63) is 29.8 Å². The molecule has 0 heterocycles. The van der Waals surface area contributed by atoms with Crippen molar-refractivity contribution in [2.24, 2.45) is 5.92 Å². The Balaban J connectivity index is 1.45. The maximum atomic E-state index is 12.2. The van der Waals surface area contributed by atoms with E-state index in [1.807, 2.05) is 4.90 Å². The minimum atomic E-state index is -0.805. The molecule has 4 N–H and O–H groups in total. The lowest BCUT2D eigenvalue weighted by atomic mass is 9.85. The Labute approximate surface area is 158 Å². The molecule has 0 spiro atoms. The fourth-order valence-corrected chi connectivity index (χ4v) is 3.39. The van der Waals surface area contributed by atoms with E-state index < -0.39 is 5.97 Å². The summed E-state index contributed by atoms with van der Waals surface area (Å²) in [7, 11) is 1.55. The molecule has 8 nitrogen and oxygen atoms in total. The predicted molar refractivity (Wildman–Crippen MR) is 101 cm³/mol. The lowest BCUT2D eigenvalue weighted by molar-refractivity contribution is -0.139. The van der Waals surface area contributed by atoms with Gasteiger partial charge in [-0.2, -0.15) is 0 Å². The van der Waals surface area contributed by atoms with Gasteiger partial charge in [0.05, 0.1) is 6.54 Å². The summed E-state index contributed by atoms with van der Waals surface area (Å²) in [6.07, 6.45) is 3.88. The minimum Gasteiger partial charge on any atom is -0.480 e. The molecule has 3 amide bonds. The molecule has 3 rings (SSSR count). The molecule has 0 aromatic heterocycles. The van der Waals surface area contributed by atoms with Gasteiger partial charge in [-0.25, -0.2) is 4.79 Å². The SMILES string of the molecule is CNC(=O)c1cccc(NC(=O)NC2CC(N(CC(=O)O)CC3CC3)C2)c1. The largest absolute Gasteiger partial charge is 0.480 e. The van der Waals surface area contributed by atoms with Crippen LogP contribution in [0.15, 0.2) is 24.3 Å². The zero-order valence-corrected chi connectivity index (χ0v) is 15.4. The highest BCUT2D eigenvalue weighted by Crippen LogP contribution is 2.33. The molecule has 0 radical (unpaired) electrons. The first-order chi connectivity index (χ1) is 12.9. The van der Waals surface area contributed by atoms with Crippen LogP contribution in [0.25, 0.3) is 0 Å². The normalized spacial score (nSPS) is 21.3. The van der Waals surface area contributed by atoms with Crippen LogP contribution in [0, 0.1) is 5.92 Å². The zero-order valence-electron chi connectivity index (χ0n) is 15.4. The number of rotatable bonds is 8. The first-order valence-electron chi connectivity index (χ1n) is 9.30. The molecule has 146 valence electrons. The number of amides is 3. The molecule has 1 aromatic rings. The average molecular weight is 374 g/mol. The Kier molecular flexibility index (Phi) is 5.95. The highest BCUT2D eigenvalue weighted by molar-refractivity contribution is 5.96. The van der Waals surface area contributed by atoms with Crippen LogP contribution in [0.5, 0.6) is 0 Å². The van der Waals surface area contributed by atoms with E-state index in [1.54, 1.807) is 31.3 Å². The highest BCUT2D eigenvalue weighted by Gasteiger charge is 2.37. The third kappa shape index (κ3) is 5.43. The number of carbonyl (C=O) groups excluding carboxylic acids is 2. The Bertz CT molecular complexity index is 713. The number of urea groups is 1. The van der Waals surface area contributed by atoms with Gasteiger partial charge in [0.15, 0.2) is 0 Å². The van der Waals surface area contributed by atoms with Gasteiger partial charge in [0.1, 0.15) is 0 Å². The summed E-state index contributed by atoms with van der Waals surface area (Å²) in [6, 6.07) is 6.65. The van der Waals surface area contributed by atoms with Crippen molar-refractivity contribution in [2.75, 3.05) is 25.5 Å². The average Bonchev–Trinajstić information content (AvgIpc) is 3.40. The number of carboxylic acid groups (broad SMARTS) is 1. The molecule has 0 unspecified atom stereocenters. The molecular weight excluding hydrogens is 348 g/mol. The van der Waals surface area contributed by atoms with E-state index in [9.17, 15) is 14.4 Å². The molecule has 8 heteroatoms. The van der Waals surface area contributed by atoms with Gasteiger partial charge in [0, 0.05) is 36.9 Å². The van der Waals surface area contributed by atoms with Gasteiger partial charge in [-0.15, -0.1) is 0 Å². The number of benzene rings is 1. The lowest BCUT2D eigenvalue weighted by Gasteiger charge is -2.42. The van der Waals surface area contributed by atoms with Crippen LogP contribution in [0.1, 0.15) is 36.0 Å². The fraction of sp³-hybridized carbons (Fsp3) is 0.526. The molecule has 27 heavy (non-hydrogen) atoms. The Morgan fingerprint density at radius 3 is 2.59 bits per heavy atom. The third-order valence-electron chi connectivity index (χ3n) is 5.10. The number of aliphatic carboxylic acids is 1. The zero-order chi connectivity index (χ0) is 19.4. The van der Waals surface area contributed by atoms with Crippen molar-refractivity contribution in [1.29, 1.82) is 0 Å². The molecule has 2 fully saturated rings. The number of nitrogens with one attached hydrogen (secondary N) is 3. The van der Waals surface area contributed by atoms with Gasteiger partial charge in [-0.1, -0.05) is 6.07 Å². The molecule has 2 saturated carbocycles. The summed E-state index contributed by atoms with van der Waals surface area (Å²) in [5, 5.41) is 17.3. The Morgan fingerprint density at radius 1 is 1.22 bits per heavy atom. The molecular formula is C19H26N4O4. The van der Waals surface area contributed by atoms with Gasteiger partial charge in [-0.3, -0.25) is 14.5 Å². The number of hydrogen-bond acceptors (Lipinski definition) is 4. The van der Waals surface area contributed by atoms with Gasteiger partial charge in [0.2, 0.25) is 0 Å². The summed E-state index contributed by atoms with van der Waals surface area (Å²) in [4.78, 5) is 36.9. The smallest absolute Gasteiger partial charge is 0.319 e. The van der Waals surface area contributed by atoms with E-state index in [0.717, 1.165) is 19.4 Å². The van der Waals surface area contributed by atoms with Crippen molar-refractivity contribution in [2.45, 2.75) is 37.8 Å². The van der Waals surface area contributed by atoms with Gasteiger partial charge in [0.25, 0.3) is 5.91 Å². The number of hydrogen-bond donors (Lipinski definition) is 4. The second-order valence-electron chi connectivity index (χ2n) is 7.35. The van der Waals surface area contributed by atoms with Crippen molar-refractivity contribution < 1.29 is 19.5 Å². The van der Waals surface area contributed by atoms with E-state index in [2.05, 4.69) is 16.0 Å². The number of nitrogens with zero attached hydrogens (tertiary/aromatic N) is 1. The van der Waals surface area contributed by atoms with Gasteiger partial charge in [-0.05, 0) is 49.8 Å². The van der Waals surface area contributed by atoms with Gasteiger partial charge < -0.3 is 21.1 Å². The van der Waals surface area contributed by atoms with Crippen molar-refractivity contribution in [3.63, 3.8) is 0 Å². The highest BCUT2D eigenvalue weighted by atomic mass is 16.4. The van der Waals surface area contributed by atoms with Crippen LogP contribution < -0.4 is 16.0 Å². The van der Waals surface area contributed by atoms with E-state index in [1.165, 1.54) is 12.8 Å². The molecule has 2 aliphatic carbocycles. The third-order valence-corrected chi connectivity index (χ3v) is 5.10. The van der Waals surface area contributed by atoms with Crippen LogP contribution in [0.2, 0.25) is 0 Å². The minimum absolute atomic E-state index is 0.0348. The second-order valence-corrected chi connectivity index (χ2v) is 7.35. The van der Waals surface area contributed by atoms with E-state index in [-0.39, 0.29) is 30.6 Å². The van der Waals surface area contributed by atoms with Crippen molar-refractivity contribution in [3.8, 4) is 0 Å². The molecule has 0 atom stereocenters. The summed E-state index contributed by atoms with van der Waals surface area (Å²) < 4.78 is 0. The van der Waals surface area contributed by atoms with E-state index in [4.69, 9.17) is 5.11 Å². The quantitative estimate of drug-likeness (QED) is 0.551. The molecule has 2 aliphatic rings. The Hall–Kier alpha value is -2.61. The first-order valence-corrected chi connectivity index (χ1v) is 9.30. The summed E-state index contributed by atoms with van der Waals surface area (Å²) in [5.41, 5.74) is 1.02. The summed E-state index contributed by atoms with van der Waals surface area (Å²) in [6.45, 7) is 0.897. The van der Waals surface area contributed by atoms with Crippen molar-refractivity contribution in [1.82, 2.24) is 15.5 Å². The van der Waals surface area contributed by atoms with Crippen LogP contribution >= 0.6 is 0 Å². The van der Waals surface area contributed by atoms with E-state index >= 15 is 0 Å². The van der Waals surface area contributed by atoms with Gasteiger partial charge >= 0.3 is 12.0 Å². The van der Waals surface area contributed by atoms with E-state index in [0.29, 0.717) is 17.2 Å². The summed E-state index contributed by atoms with van der Waals surface area (Å²) >= 11 is 0. The molecule has 0 aliphatic heterocycles. The maximum absolute atomic E-state index is 12.2. The van der Waals surface area contributed by atoms with Crippen molar-refractivity contribution >= 4 is 23.6 Å². The first kappa shape index (κ1) is 19.2. The number of carboxylic acids is 1. The molecule has 0 saturated heterocycles. The topological polar surface area (TPSA) is 111 Å². The Morgan fingerprint density at radius 2 is 1.96 bits per heavy atom. The number of anilines is 1. The predicted octanol–water partition coefficient (Wildman–Crippen LogP) is 1.50. The monoisotopic (exact) mass is 374 g/mol. The lowest BCUT2D eigenvalue weighted by Crippen LogP contribution is -2.55. The van der Waals surface area contributed by atoms with Crippen LogP contribution in [-0.2, 0) is 4.79 Å². The second kappa shape index (κ2) is 8.39. The van der Waals surface area contributed by atoms with Crippen LogP contribution in [0.3, 0.4) is 0 Å². The standard InChI is InChI=1S/C19H26N4O4/c1-20-18(26)13-3-2-4-14(7-13)21-19(27)22-15-8-16(9-15)23(11-17(24)25)10-12-5-6-12/h2-4,7,12,15-16H,5-6,8-11H2,1H3,(H,20,26)(H,24,25)(H2,21,22,27). The maximum Gasteiger partial charge on any atom is 0.319 e. The number of carbonyl (C=O) groups is 3.